The van der Waals surface area contributed by atoms with Crippen LogP contribution in [-0.2, 0) is 0 Å². The smallest absolute Gasteiger partial charge is 0.136 e. The molecule has 290 valence electrons. The molecule has 0 aliphatic heterocycles. The van der Waals surface area contributed by atoms with Gasteiger partial charge in [0, 0.05) is 27.6 Å². The molecule has 2 nitrogen and oxygen atoms in total. The number of anilines is 3. The number of hydrogen-bond donors (Lipinski definition) is 0. The molecule has 0 saturated heterocycles. The van der Waals surface area contributed by atoms with E-state index in [1.54, 1.807) is 0 Å². The van der Waals surface area contributed by atoms with E-state index in [0.717, 1.165) is 61.3 Å². The molecule has 0 spiro atoms. The SMILES string of the molecule is c1ccc(-c2ccc(N(c3ccc(-c4cc5ccccc5c5ccccc45)cc3)c3ccccc3-c3ccc4oc5cc6ccccc6cc5c4c3)c(-c3ccccc3)c2)cc1. The molecular formula is C60H39NO. The molecule has 0 atom stereocenters. The maximum absolute atomic E-state index is 6.47. The fourth-order valence-corrected chi connectivity index (χ4v) is 9.42. The maximum atomic E-state index is 6.47. The lowest BCUT2D eigenvalue weighted by atomic mass is 9.93. The van der Waals surface area contributed by atoms with E-state index in [4.69, 9.17) is 4.42 Å². The van der Waals surface area contributed by atoms with Gasteiger partial charge < -0.3 is 9.32 Å². The number of fused-ring (bicyclic) bond motifs is 7. The molecule has 0 aliphatic carbocycles. The second-order valence-electron chi connectivity index (χ2n) is 16.1. The summed E-state index contributed by atoms with van der Waals surface area (Å²) in [5.74, 6) is 0. The van der Waals surface area contributed by atoms with E-state index in [0.29, 0.717) is 0 Å². The van der Waals surface area contributed by atoms with Gasteiger partial charge in [0.1, 0.15) is 11.2 Å². The number of para-hydroxylation sites is 1. The molecule has 1 aromatic heterocycles. The summed E-state index contributed by atoms with van der Waals surface area (Å²) < 4.78 is 6.47. The van der Waals surface area contributed by atoms with Gasteiger partial charge in [0.2, 0.25) is 0 Å². The molecule has 0 N–H and O–H groups in total. The van der Waals surface area contributed by atoms with Crippen LogP contribution in [0.4, 0.5) is 17.1 Å². The van der Waals surface area contributed by atoms with Gasteiger partial charge in [-0.1, -0.05) is 176 Å². The lowest BCUT2D eigenvalue weighted by Crippen LogP contribution is -2.12. The van der Waals surface area contributed by atoms with Gasteiger partial charge in [-0.3, -0.25) is 0 Å². The second-order valence-corrected chi connectivity index (χ2v) is 16.1. The number of hydrogen-bond acceptors (Lipinski definition) is 2. The van der Waals surface area contributed by atoms with Crippen LogP contribution in [0.2, 0.25) is 0 Å². The average molecular weight is 790 g/mol. The Kier molecular flexibility index (Phi) is 8.53. The second kappa shape index (κ2) is 14.8. The first-order valence-corrected chi connectivity index (χ1v) is 21.2. The van der Waals surface area contributed by atoms with Crippen LogP contribution in [0.25, 0.3) is 98.8 Å². The van der Waals surface area contributed by atoms with Crippen molar-refractivity contribution in [3.63, 3.8) is 0 Å². The summed E-state index contributed by atoms with van der Waals surface area (Å²) in [5.41, 5.74) is 14.3. The van der Waals surface area contributed by atoms with Crippen LogP contribution in [0.15, 0.2) is 241 Å². The Morgan fingerprint density at radius 1 is 0.258 bits per heavy atom. The topological polar surface area (TPSA) is 16.4 Å². The number of furan rings is 1. The minimum absolute atomic E-state index is 0.882. The summed E-state index contributed by atoms with van der Waals surface area (Å²) in [7, 11) is 0. The molecule has 11 aromatic carbocycles. The summed E-state index contributed by atoms with van der Waals surface area (Å²) in [6.07, 6.45) is 0. The third-order valence-corrected chi connectivity index (χ3v) is 12.4. The monoisotopic (exact) mass is 789 g/mol. The van der Waals surface area contributed by atoms with Crippen LogP contribution in [0.1, 0.15) is 0 Å². The summed E-state index contributed by atoms with van der Waals surface area (Å²) in [5, 5.41) is 9.63. The molecule has 0 saturated carbocycles. The molecule has 0 aliphatic rings. The molecule has 0 radical (unpaired) electrons. The molecule has 0 bridgehead atoms. The van der Waals surface area contributed by atoms with Gasteiger partial charge in [-0.15, -0.1) is 0 Å². The van der Waals surface area contributed by atoms with E-state index >= 15 is 0 Å². The fraction of sp³-hybridized carbons (Fsp3) is 0. The molecule has 0 fully saturated rings. The van der Waals surface area contributed by atoms with Gasteiger partial charge in [-0.25, -0.2) is 0 Å². The van der Waals surface area contributed by atoms with Crippen molar-refractivity contribution in [2.45, 2.75) is 0 Å². The van der Waals surface area contributed by atoms with Crippen LogP contribution >= 0.6 is 0 Å². The minimum Gasteiger partial charge on any atom is -0.456 e. The van der Waals surface area contributed by atoms with Crippen molar-refractivity contribution in [3.8, 4) is 44.5 Å². The molecule has 2 heteroatoms. The third kappa shape index (κ3) is 6.12. The highest BCUT2D eigenvalue weighted by atomic mass is 16.3. The average Bonchev–Trinajstić information content (AvgIpc) is 3.70. The molecule has 0 unspecified atom stereocenters. The third-order valence-electron chi connectivity index (χ3n) is 12.4. The predicted octanol–water partition coefficient (Wildman–Crippen LogP) is 17.2. The van der Waals surface area contributed by atoms with Crippen LogP contribution in [0, 0.1) is 0 Å². The van der Waals surface area contributed by atoms with Crippen molar-refractivity contribution in [2.24, 2.45) is 0 Å². The molecule has 12 rings (SSSR count). The lowest BCUT2D eigenvalue weighted by Gasteiger charge is -2.30. The van der Waals surface area contributed by atoms with Crippen molar-refractivity contribution in [3.05, 3.63) is 237 Å². The van der Waals surface area contributed by atoms with Crippen LogP contribution in [0.3, 0.4) is 0 Å². The summed E-state index contributed by atoms with van der Waals surface area (Å²) in [6, 6.07) is 85.6. The highest BCUT2D eigenvalue weighted by Crippen LogP contribution is 2.47. The van der Waals surface area contributed by atoms with Crippen LogP contribution in [-0.4, -0.2) is 0 Å². The van der Waals surface area contributed by atoms with Crippen molar-refractivity contribution >= 4 is 71.3 Å². The van der Waals surface area contributed by atoms with Crippen molar-refractivity contribution < 1.29 is 4.42 Å². The number of rotatable bonds is 7. The van der Waals surface area contributed by atoms with Crippen LogP contribution < -0.4 is 4.90 Å². The van der Waals surface area contributed by atoms with Gasteiger partial charge in [-0.05, 0) is 126 Å². The zero-order valence-corrected chi connectivity index (χ0v) is 33.9. The fourth-order valence-electron chi connectivity index (χ4n) is 9.42. The van der Waals surface area contributed by atoms with Gasteiger partial charge in [0.05, 0.1) is 11.4 Å². The summed E-state index contributed by atoms with van der Waals surface area (Å²) in [4.78, 5) is 2.44. The van der Waals surface area contributed by atoms with E-state index in [9.17, 15) is 0 Å². The molecular weight excluding hydrogens is 751 g/mol. The van der Waals surface area contributed by atoms with Crippen molar-refractivity contribution in [2.75, 3.05) is 4.90 Å². The highest BCUT2D eigenvalue weighted by Gasteiger charge is 2.22. The first kappa shape index (κ1) is 35.7. The Balaban J connectivity index is 1.07. The largest absolute Gasteiger partial charge is 0.456 e. The summed E-state index contributed by atoms with van der Waals surface area (Å²) >= 11 is 0. The van der Waals surface area contributed by atoms with E-state index in [2.05, 4.69) is 241 Å². The quantitative estimate of drug-likeness (QED) is 0.150. The number of benzene rings is 11. The Hall–Kier alpha value is -8.20. The maximum Gasteiger partial charge on any atom is 0.136 e. The standard InChI is InChI=1S/C60H39NO/c1-3-15-40(16-4-1)45-29-33-58(54(35-45)41-17-5-2-6-18-41)61(48-31-27-42(28-32-48)53-37-46-21-9-10-22-49(46)51-24-11-12-25-52(51)53)57-26-14-13-23-50(57)47-30-34-59-55(38-47)56-36-43-19-7-8-20-44(43)39-60(56)62-59/h1-39H. The zero-order chi connectivity index (χ0) is 41.0. The van der Waals surface area contributed by atoms with Gasteiger partial charge in [-0.2, -0.15) is 0 Å². The normalized spacial score (nSPS) is 11.5. The number of nitrogens with zero attached hydrogens (tertiary/aromatic N) is 1. The Bertz CT molecular complexity index is 3620. The minimum atomic E-state index is 0.882. The Labute approximate surface area is 360 Å². The molecule has 0 amide bonds. The highest BCUT2D eigenvalue weighted by molar-refractivity contribution is 6.14. The Morgan fingerprint density at radius 2 is 0.823 bits per heavy atom. The van der Waals surface area contributed by atoms with Crippen molar-refractivity contribution in [1.82, 2.24) is 0 Å². The molecule has 62 heavy (non-hydrogen) atoms. The zero-order valence-electron chi connectivity index (χ0n) is 33.9. The van der Waals surface area contributed by atoms with Gasteiger partial charge in [0.25, 0.3) is 0 Å². The summed E-state index contributed by atoms with van der Waals surface area (Å²) in [6.45, 7) is 0. The van der Waals surface area contributed by atoms with E-state index < -0.39 is 0 Å². The molecule has 12 aromatic rings. The van der Waals surface area contributed by atoms with Gasteiger partial charge >= 0.3 is 0 Å². The van der Waals surface area contributed by atoms with E-state index in [1.807, 2.05) is 0 Å². The van der Waals surface area contributed by atoms with Crippen LogP contribution in [0.5, 0.6) is 0 Å². The van der Waals surface area contributed by atoms with E-state index in [-0.39, 0.29) is 0 Å². The Morgan fingerprint density at radius 3 is 1.61 bits per heavy atom. The lowest BCUT2D eigenvalue weighted by molar-refractivity contribution is 0.669. The predicted molar refractivity (Wildman–Crippen MR) is 263 cm³/mol. The molecule has 1 heterocycles. The van der Waals surface area contributed by atoms with Gasteiger partial charge in [0.15, 0.2) is 0 Å². The van der Waals surface area contributed by atoms with Crippen molar-refractivity contribution in [1.29, 1.82) is 0 Å². The first-order valence-electron chi connectivity index (χ1n) is 21.2. The first-order chi connectivity index (χ1) is 30.7. The van der Waals surface area contributed by atoms with E-state index in [1.165, 1.54) is 54.6 Å².